The van der Waals surface area contributed by atoms with Gasteiger partial charge in [0.2, 0.25) is 0 Å². The monoisotopic (exact) mass is 423 g/mol. The van der Waals surface area contributed by atoms with Gasteiger partial charge in [-0.05, 0) is 42.5 Å². The standard InChI is InChI=1S/C20H14BrN3OS/c21-14-9-10-18-17(12-14)19(25)24(16-7-2-1-3-8-16)20(23-18)26-13-15-6-4-5-11-22-15/h1-12H,13H2. The summed E-state index contributed by atoms with van der Waals surface area (Å²) < 4.78 is 2.53. The molecule has 4 rings (SSSR count). The summed E-state index contributed by atoms with van der Waals surface area (Å²) in [6.45, 7) is 0. The second kappa shape index (κ2) is 7.43. The third-order valence-electron chi connectivity index (χ3n) is 3.89. The number of hydrogen-bond acceptors (Lipinski definition) is 4. The van der Waals surface area contributed by atoms with E-state index in [0.717, 1.165) is 15.9 Å². The van der Waals surface area contributed by atoms with E-state index in [0.29, 0.717) is 21.8 Å². The summed E-state index contributed by atoms with van der Waals surface area (Å²) in [7, 11) is 0. The smallest absolute Gasteiger partial charge is 0.266 e. The summed E-state index contributed by atoms with van der Waals surface area (Å²) in [5.41, 5.74) is 2.36. The van der Waals surface area contributed by atoms with Crippen molar-refractivity contribution in [2.24, 2.45) is 0 Å². The van der Waals surface area contributed by atoms with E-state index >= 15 is 0 Å². The van der Waals surface area contributed by atoms with Crippen molar-refractivity contribution >= 4 is 38.6 Å². The van der Waals surface area contributed by atoms with E-state index in [1.165, 1.54) is 11.8 Å². The SMILES string of the molecule is O=c1c2cc(Br)ccc2nc(SCc2ccccn2)n1-c1ccccc1. The quantitative estimate of drug-likeness (QED) is 0.348. The second-order valence-corrected chi connectivity index (χ2v) is 7.50. The van der Waals surface area contributed by atoms with Crippen molar-refractivity contribution < 1.29 is 0 Å². The number of para-hydroxylation sites is 1. The first kappa shape index (κ1) is 17.0. The van der Waals surface area contributed by atoms with Crippen LogP contribution in [0.2, 0.25) is 0 Å². The van der Waals surface area contributed by atoms with E-state index in [1.54, 1.807) is 10.8 Å². The van der Waals surface area contributed by atoms with Gasteiger partial charge in [-0.2, -0.15) is 0 Å². The van der Waals surface area contributed by atoms with Crippen LogP contribution in [0.3, 0.4) is 0 Å². The lowest BCUT2D eigenvalue weighted by atomic mass is 10.2. The molecule has 0 atom stereocenters. The topological polar surface area (TPSA) is 47.8 Å². The van der Waals surface area contributed by atoms with Crippen LogP contribution in [0.5, 0.6) is 0 Å². The molecule has 0 aliphatic heterocycles. The van der Waals surface area contributed by atoms with Gasteiger partial charge in [0, 0.05) is 16.4 Å². The molecule has 4 nitrogen and oxygen atoms in total. The third-order valence-corrected chi connectivity index (χ3v) is 5.35. The molecule has 26 heavy (non-hydrogen) atoms. The average Bonchev–Trinajstić information content (AvgIpc) is 2.68. The van der Waals surface area contributed by atoms with Gasteiger partial charge in [0.1, 0.15) is 0 Å². The van der Waals surface area contributed by atoms with Gasteiger partial charge in [-0.1, -0.05) is 52.0 Å². The summed E-state index contributed by atoms with van der Waals surface area (Å²) in [4.78, 5) is 22.3. The number of halogens is 1. The first-order valence-corrected chi connectivity index (χ1v) is 9.81. The highest BCUT2D eigenvalue weighted by atomic mass is 79.9. The van der Waals surface area contributed by atoms with Crippen LogP contribution < -0.4 is 5.56 Å². The molecule has 0 unspecified atom stereocenters. The molecule has 0 radical (unpaired) electrons. The third kappa shape index (κ3) is 3.43. The summed E-state index contributed by atoms with van der Waals surface area (Å²) in [5, 5.41) is 1.24. The van der Waals surface area contributed by atoms with Gasteiger partial charge in [-0.15, -0.1) is 0 Å². The molecule has 0 aliphatic carbocycles. The van der Waals surface area contributed by atoms with Crippen molar-refractivity contribution in [2.45, 2.75) is 10.9 Å². The van der Waals surface area contributed by atoms with Crippen LogP contribution in [0.1, 0.15) is 5.69 Å². The molecule has 0 N–H and O–H groups in total. The van der Waals surface area contributed by atoms with Crippen LogP contribution in [0, 0.1) is 0 Å². The molecule has 0 saturated heterocycles. The van der Waals surface area contributed by atoms with Crippen LogP contribution in [0.25, 0.3) is 16.6 Å². The van der Waals surface area contributed by atoms with Gasteiger partial charge < -0.3 is 0 Å². The molecule has 0 aliphatic rings. The molecule has 0 saturated carbocycles. The minimum Gasteiger partial charge on any atom is -0.268 e. The lowest BCUT2D eigenvalue weighted by Crippen LogP contribution is -2.21. The largest absolute Gasteiger partial charge is 0.268 e. The highest BCUT2D eigenvalue weighted by Gasteiger charge is 2.14. The van der Waals surface area contributed by atoms with Gasteiger partial charge in [0.05, 0.1) is 22.3 Å². The van der Waals surface area contributed by atoms with Crippen LogP contribution >= 0.6 is 27.7 Å². The maximum atomic E-state index is 13.2. The zero-order valence-corrected chi connectivity index (χ0v) is 16.1. The fourth-order valence-electron chi connectivity index (χ4n) is 2.66. The van der Waals surface area contributed by atoms with Gasteiger partial charge >= 0.3 is 0 Å². The Kier molecular flexibility index (Phi) is 4.86. The normalized spacial score (nSPS) is 11.0. The van der Waals surface area contributed by atoms with Crippen molar-refractivity contribution in [3.63, 3.8) is 0 Å². The molecule has 4 aromatic rings. The minimum atomic E-state index is -0.0778. The second-order valence-electron chi connectivity index (χ2n) is 5.64. The molecule has 2 aromatic carbocycles. The lowest BCUT2D eigenvalue weighted by molar-refractivity contribution is 0.819. The predicted molar refractivity (Wildman–Crippen MR) is 109 cm³/mol. The molecular formula is C20H14BrN3OS. The van der Waals surface area contributed by atoms with Crippen LogP contribution in [0.15, 0.2) is 87.4 Å². The fourth-order valence-corrected chi connectivity index (χ4v) is 3.95. The first-order chi connectivity index (χ1) is 12.7. The van der Waals surface area contributed by atoms with E-state index in [-0.39, 0.29) is 5.56 Å². The number of nitrogens with zero attached hydrogens (tertiary/aromatic N) is 3. The Balaban J connectivity index is 1.87. The maximum Gasteiger partial charge on any atom is 0.266 e. The van der Waals surface area contributed by atoms with Crippen LogP contribution in [0.4, 0.5) is 0 Å². The van der Waals surface area contributed by atoms with E-state index < -0.39 is 0 Å². The zero-order chi connectivity index (χ0) is 17.9. The number of hydrogen-bond donors (Lipinski definition) is 0. The number of pyridine rings is 1. The Morgan fingerprint density at radius 2 is 1.81 bits per heavy atom. The summed E-state index contributed by atoms with van der Waals surface area (Å²) >= 11 is 4.94. The molecule has 0 bridgehead atoms. The Hall–Kier alpha value is -2.44. The van der Waals surface area contributed by atoms with Crippen LogP contribution in [-0.4, -0.2) is 14.5 Å². The fraction of sp³-hybridized carbons (Fsp3) is 0.0500. The van der Waals surface area contributed by atoms with Crippen molar-refractivity contribution in [1.82, 2.24) is 14.5 Å². The summed E-state index contributed by atoms with van der Waals surface area (Å²) in [6.07, 6.45) is 1.77. The Morgan fingerprint density at radius 1 is 1.00 bits per heavy atom. The maximum absolute atomic E-state index is 13.2. The summed E-state index contributed by atoms with van der Waals surface area (Å²) in [5.74, 6) is 0.641. The molecular weight excluding hydrogens is 410 g/mol. The van der Waals surface area contributed by atoms with Gasteiger partial charge in [-0.25, -0.2) is 4.98 Å². The number of fused-ring (bicyclic) bond motifs is 1. The van der Waals surface area contributed by atoms with Gasteiger partial charge in [0.15, 0.2) is 5.16 Å². The minimum absolute atomic E-state index is 0.0778. The molecule has 0 spiro atoms. The Morgan fingerprint density at radius 3 is 2.58 bits per heavy atom. The van der Waals surface area contributed by atoms with E-state index in [1.807, 2.05) is 66.7 Å². The first-order valence-electron chi connectivity index (χ1n) is 8.03. The van der Waals surface area contributed by atoms with Crippen molar-refractivity contribution in [3.05, 3.63) is 93.4 Å². The zero-order valence-electron chi connectivity index (χ0n) is 13.7. The number of benzene rings is 2. The molecule has 0 amide bonds. The van der Waals surface area contributed by atoms with Gasteiger partial charge in [-0.3, -0.25) is 14.3 Å². The number of aromatic nitrogens is 3. The predicted octanol–water partition coefficient (Wildman–Crippen LogP) is 4.84. The molecule has 6 heteroatoms. The average molecular weight is 424 g/mol. The number of rotatable bonds is 4. The highest BCUT2D eigenvalue weighted by Crippen LogP contribution is 2.25. The lowest BCUT2D eigenvalue weighted by Gasteiger charge is -2.13. The Labute approximate surface area is 163 Å². The van der Waals surface area contributed by atoms with Crippen molar-refractivity contribution in [3.8, 4) is 5.69 Å². The molecule has 2 aromatic heterocycles. The number of thioether (sulfide) groups is 1. The molecule has 128 valence electrons. The van der Waals surface area contributed by atoms with E-state index in [4.69, 9.17) is 4.98 Å². The molecule has 0 fully saturated rings. The van der Waals surface area contributed by atoms with E-state index in [2.05, 4.69) is 20.9 Å². The molecule has 2 heterocycles. The van der Waals surface area contributed by atoms with Crippen LogP contribution in [-0.2, 0) is 5.75 Å². The van der Waals surface area contributed by atoms with E-state index in [9.17, 15) is 4.79 Å². The van der Waals surface area contributed by atoms with Crippen molar-refractivity contribution in [2.75, 3.05) is 0 Å². The summed E-state index contributed by atoms with van der Waals surface area (Å²) in [6, 6.07) is 21.0. The van der Waals surface area contributed by atoms with Gasteiger partial charge in [0.25, 0.3) is 5.56 Å². The van der Waals surface area contributed by atoms with Crippen molar-refractivity contribution in [1.29, 1.82) is 0 Å². The highest BCUT2D eigenvalue weighted by molar-refractivity contribution is 9.10. The Bertz CT molecular complexity index is 1110.